The zero-order valence-electron chi connectivity index (χ0n) is 12.0. The Labute approximate surface area is 130 Å². The highest BCUT2D eigenvalue weighted by atomic mass is 79.9. The molecule has 0 aliphatic heterocycles. The third kappa shape index (κ3) is 4.52. The molecule has 0 atom stereocenters. The standard InChI is InChI=1S/C18H23BrO/c1-2-12-20-18-10-8-15(9-11-18)13-17(14-19)16-6-4-3-5-7-16/h2,8-11,13,16H,1,3-7,12,14H2/b17-13-. The van der Waals surface area contributed by atoms with Gasteiger partial charge in [-0.2, -0.15) is 0 Å². The number of rotatable bonds is 6. The van der Waals surface area contributed by atoms with Crippen molar-refractivity contribution in [1.82, 2.24) is 0 Å². The number of alkyl halides is 1. The molecule has 0 saturated heterocycles. The molecule has 0 aromatic heterocycles. The molecule has 0 spiro atoms. The van der Waals surface area contributed by atoms with E-state index in [2.05, 4.69) is 40.7 Å². The highest BCUT2D eigenvalue weighted by molar-refractivity contribution is 9.09. The Balaban J connectivity index is 2.04. The van der Waals surface area contributed by atoms with Gasteiger partial charge in [0.05, 0.1) is 0 Å². The fourth-order valence-electron chi connectivity index (χ4n) is 2.77. The predicted octanol–water partition coefficient (Wildman–Crippen LogP) is 5.61. The van der Waals surface area contributed by atoms with E-state index in [1.807, 2.05) is 12.1 Å². The minimum Gasteiger partial charge on any atom is -0.490 e. The summed E-state index contributed by atoms with van der Waals surface area (Å²) in [7, 11) is 0. The van der Waals surface area contributed by atoms with E-state index in [0.717, 1.165) is 17.0 Å². The van der Waals surface area contributed by atoms with Gasteiger partial charge in [0.2, 0.25) is 0 Å². The van der Waals surface area contributed by atoms with E-state index in [4.69, 9.17) is 4.74 Å². The Hall–Kier alpha value is -1.02. The van der Waals surface area contributed by atoms with Crippen LogP contribution in [0.25, 0.3) is 6.08 Å². The van der Waals surface area contributed by atoms with Crippen molar-refractivity contribution < 1.29 is 4.74 Å². The average molecular weight is 335 g/mol. The summed E-state index contributed by atoms with van der Waals surface area (Å²) in [6.07, 6.45) is 11.0. The zero-order chi connectivity index (χ0) is 14.2. The molecule has 0 bridgehead atoms. The van der Waals surface area contributed by atoms with Crippen LogP contribution in [0, 0.1) is 5.92 Å². The van der Waals surface area contributed by atoms with Gasteiger partial charge in [0.1, 0.15) is 12.4 Å². The van der Waals surface area contributed by atoms with Crippen LogP contribution in [0.2, 0.25) is 0 Å². The van der Waals surface area contributed by atoms with Gasteiger partial charge in [-0.15, -0.1) is 0 Å². The summed E-state index contributed by atoms with van der Waals surface area (Å²) < 4.78 is 5.51. The maximum absolute atomic E-state index is 5.51. The first-order valence-corrected chi connectivity index (χ1v) is 8.56. The minimum atomic E-state index is 0.559. The number of hydrogen-bond acceptors (Lipinski definition) is 1. The maximum Gasteiger partial charge on any atom is 0.119 e. The molecular formula is C18H23BrO. The average Bonchev–Trinajstić information content (AvgIpc) is 2.52. The van der Waals surface area contributed by atoms with Crippen molar-refractivity contribution in [3.05, 3.63) is 48.1 Å². The van der Waals surface area contributed by atoms with Crippen LogP contribution in [0.15, 0.2) is 42.5 Å². The van der Waals surface area contributed by atoms with Crippen LogP contribution in [0.5, 0.6) is 5.75 Å². The Kier molecular flexibility index (Phi) is 6.38. The number of allylic oxidation sites excluding steroid dienone is 1. The van der Waals surface area contributed by atoms with Gasteiger partial charge in [0, 0.05) is 5.33 Å². The largest absolute Gasteiger partial charge is 0.490 e. The summed E-state index contributed by atoms with van der Waals surface area (Å²) in [5, 5.41) is 0.979. The lowest BCUT2D eigenvalue weighted by Gasteiger charge is -2.23. The van der Waals surface area contributed by atoms with E-state index in [1.54, 1.807) is 6.08 Å². The Bertz CT molecular complexity index is 441. The second-order valence-corrected chi connectivity index (χ2v) is 5.92. The highest BCUT2D eigenvalue weighted by Gasteiger charge is 2.16. The smallest absolute Gasteiger partial charge is 0.119 e. The SMILES string of the molecule is C=CCOc1ccc(/C=C(/CBr)C2CCCCC2)cc1. The summed E-state index contributed by atoms with van der Waals surface area (Å²) >= 11 is 3.65. The quantitative estimate of drug-likeness (QED) is 0.485. The van der Waals surface area contributed by atoms with Gasteiger partial charge in [-0.3, -0.25) is 0 Å². The van der Waals surface area contributed by atoms with E-state index < -0.39 is 0 Å². The lowest BCUT2D eigenvalue weighted by Crippen LogP contribution is -2.10. The Morgan fingerprint density at radius 2 is 1.90 bits per heavy atom. The number of ether oxygens (including phenoxy) is 1. The normalized spacial score (nSPS) is 16.9. The second-order valence-electron chi connectivity index (χ2n) is 5.36. The van der Waals surface area contributed by atoms with Gasteiger partial charge >= 0.3 is 0 Å². The van der Waals surface area contributed by atoms with E-state index in [1.165, 1.54) is 43.2 Å². The van der Waals surface area contributed by atoms with Crippen molar-refractivity contribution in [3.63, 3.8) is 0 Å². The van der Waals surface area contributed by atoms with Gasteiger partial charge in [0.25, 0.3) is 0 Å². The van der Waals surface area contributed by atoms with Crippen LogP contribution < -0.4 is 4.74 Å². The van der Waals surface area contributed by atoms with Crippen LogP contribution >= 0.6 is 15.9 Å². The van der Waals surface area contributed by atoms with E-state index in [0.29, 0.717) is 6.61 Å². The van der Waals surface area contributed by atoms with Gasteiger partial charge in [0.15, 0.2) is 0 Å². The molecule has 0 N–H and O–H groups in total. The molecule has 1 fully saturated rings. The summed E-state index contributed by atoms with van der Waals surface area (Å²) in [6, 6.07) is 8.32. The molecule has 0 radical (unpaired) electrons. The third-order valence-corrected chi connectivity index (χ3v) is 4.53. The second kappa shape index (κ2) is 8.31. The Morgan fingerprint density at radius 3 is 2.50 bits per heavy atom. The van der Waals surface area contributed by atoms with Crippen molar-refractivity contribution in [2.75, 3.05) is 11.9 Å². The third-order valence-electron chi connectivity index (χ3n) is 3.88. The summed E-state index contributed by atoms with van der Waals surface area (Å²) in [6.45, 7) is 4.22. The van der Waals surface area contributed by atoms with Crippen molar-refractivity contribution >= 4 is 22.0 Å². The van der Waals surface area contributed by atoms with Gasteiger partial charge in [-0.05, 0) is 36.5 Å². The summed E-state index contributed by atoms with van der Waals surface area (Å²) in [5.74, 6) is 1.67. The van der Waals surface area contributed by atoms with Crippen molar-refractivity contribution in [2.45, 2.75) is 32.1 Å². The number of hydrogen-bond donors (Lipinski definition) is 0. The number of benzene rings is 1. The van der Waals surface area contributed by atoms with Crippen molar-refractivity contribution in [2.24, 2.45) is 5.92 Å². The monoisotopic (exact) mass is 334 g/mol. The molecule has 2 heteroatoms. The molecule has 0 unspecified atom stereocenters. The fraction of sp³-hybridized carbons (Fsp3) is 0.444. The van der Waals surface area contributed by atoms with Crippen LogP contribution in [-0.4, -0.2) is 11.9 Å². The number of halogens is 1. The fourth-order valence-corrected chi connectivity index (χ4v) is 3.39. The van der Waals surface area contributed by atoms with Crippen LogP contribution in [0.3, 0.4) is 0 Å². The molecule has 1 aromatic rings. The molecule has 1 aliphatic rings. The van der Waals surface area contributed by atoms with Gasteiger partial charge < -0.3 is 4.74 Å². The molecule has 0 heterocycles. The first-order valence-electron chi connectivity index (χ1n) is 7.43. The molecule has 2 rings (SSSR count). The van der Waals surface area contributed by atoms with E-state index in [9.17, 15) is 0 Å². The first kappa shape index (κ1) is 15.4. The molecule has 1 nitrogen and oxygen atoms in total. The summed E-state index contributed by atoms with van der Waals surface area (Å²) in [5.41, 5.74) is 2.79. The molecule has 108 valence electrons. The minimum absolute atomic E-state index is 0.559. The van der Waals surface area contributed by atoms with Gasteiger partial charge in [-0.25, -0.2) is 0 Å². The van der Waals surface area contributed by atoms with E-state index in [-0.39, 0.29) is 0 Å². The lowest BCUT2D eigenvalue weighted by atomic mass is 9.84. The maximum atomic E-state index is 5.51. The molecule has 1 saturated carbocycles. The van der Waals surface area contributed by atoms with Crippen LogP contribution in [0.1, 0.15) is 37.7 Å². The highest BCUT2D eigenvalue weighted by Crippen LogP contribution is 2.31. The molecule has 20 heavy (non-hydrogen) atoms. The zero-order valence-corrected chi connectivity index (χ0v) is 13.6. The molecule has 0 amide bonds. The van der Waals surface area contributed by atoms with Crippen LogP contribution in [-0.2, 0) is 0 Å². The predicted molar refractivity (Wildman–Crippen MR) is 90.5 cm³/mol. The Morgan fingerprint density at radius 1 is 1.20 bits per heavy atom. The van der Waals surface area contributed by atoms with Gasteiger partial charge in [-0.1, -0.05) is 71.6 Å². The topological polar surface area (TPSA) is 9.23 Å². The summed E-state index contributed by atoms with van der Waals surface area (Å²) in [4.78, 5) is 0. The first-order chi connectivity index (χ1) is 9.83. The molecule has 1 aliphatic carbocycles. The molecular weight excluding hydrogens is 312 g/mol. The molecule has 1 aromatic carbocycles. The van der Waals surface area contributed by atoms with Crippen molar-refractivity contribution in [3.8, 4) is 5.75 Å². The van der Waals surface area contributed by atoms with Crippen molar-refractivity contribution in [1.29, 1.82) is 0 Å². The lowest BCUT2D eigenvalue weighted by molar-refractivity contribution is 0.363. The van der Waals surface area contributed by atoms with Crippen LogP contribution in [0.4, 0.5) is 0 Å². The van der Waals surface area contributed by atoms with E-state index >= 15 is 0 Å².